The average Bonchev–Trinajstić information content (AvgIpc) is 3.19. The van der Waals surface area contributed by atoms with Crippen LogP contribution in [0, 0.1) is 0 Å². The Balaban J connectivity index is 1.79. The zero-order valence-electron chi connectivity index (χ0n) is 16.0. The Morgan fingerprint density at radius 3 is 2.52 bits per heavy atom. The third kappa shape index (κ3) is 5.53. The van der Waals surface area contributed by atoms with E-state index in [0.29, 0.717) is 15.7 Å². The Hall–Kier alpha value is -2.01. The third-order valence-electron chi connectivity index (χ3n) is 4.66. The van der Waals surface area contributed by atoms with E-state index in [1.165, 1.54) is 29.1 Å². The fourth-order valence-corrected chi connectivity index (χ4v) is 4.90. The van der Waals surface area contributed by atoms with Gasteiger partial charge in [-0.15, -0.1) is 0 Å². The van der Waals surface area contributed by atoms with E-state index in [4.69, 9.17) is 23.2 Å². The molecule has 0 unspecified atom stereocenters. The second-order valence-electron chi connectivity index (χ2n) is 6.90. The second-order valence-corrected chi connectivity index (χ2v) is 9.37. The molecule has 0 aliphatic carbocycles. The van der Waals surface area contributed by atoms with Gasteiger partial charge < -0.3 is 10.2 Å². The Labute approximate surface area is 179 Å². The van der Waals surface area contributed by atoms with Gasteiger partial charge in [0.1, 0.15) is 0 Å². The van der Waals surface area contributed by atoms with Gasteiger partial charge in [-0.1, -0.05) is 23.2 Å². The van der Waals surface area contributed by atoms with Crippen molar-refractivity contribution in [3.63, 3.8) is 0 Å². The highest BCUT2D eigenvalue weighted by Crippen LogP contribution is 2.24. The smallest absolute Gasteiger partial charge is 0.307 e. The molecule has 2 N–H and O–H groups in total. The van der Waals surface area contributed by atoms with Crippen LogP contribution in [0.25, 0.3) is 0 Å². The van der Waals surface area contributed by atoms with E-state index < -0.39 is 16.2 Å². The molecule has 2 heterocycles. The first-order valence-electron chi connectivity index (χ1n) is 8.90. The van der Waals surface area contributed by atoms with E-state index in [0.717, 1.165) is 23.7 Å². The van der Waals surface area contributed by atoms with Crippen LogP contribution in [0.1, 0.15) is 12.8 Å². The highest BCUT2D eigenvalue weighted by Gasteiger charge is 2.31. The predicted molar refractivity (Wildman–Crippen MR) is 114 cm³/mol. The van der Waals surface area contributed by atoms with Crippen LogP contribution < -0.4 is 14.3 Å². The summed E-state index contributed by atoms with van der Waals surface area (Å²) < 4.78 is 30.7. The molecule has 1 aromatic carbocycles. The summed E-state index contributed by atoms with van der Waals surface area (Å²) in [7, 11) is -0.541. The van der Waals surface area contributed by atoms with Crippen LogP contribution in [-0.4, -0.2) is 55.3 Å². The molecular weight excluding hydrogens is 439 g/mol. The summed E-state index contributed by atoms with van der Waals surface area (Å²) >= 11 is 11.8. The molecule has 158 valence electrons. The molecule has 2 amide bonds. The summed E-state index contributed by atoms with van der Waals surface area (Å²) in [5, 5.41) is 7.12. The van der Waals surface area contributed by atoms with Crippen molar-refractivity contribution in [2.75, 3.05) is 29.8 Å². The number of rotatable bonds is 6. The lowest BCUT2D eigenvalue weighted by Gasteiger charge is -2.28. The molecule has 1 saturated heterocycles. The number of aromatic nitrogens is 2. The van der Waals surface area contributed by atoms with Gasteiger partial charge in [0, 0.05) is 35.0 Å². The zero-order valence-corrected chi connectivity index (χ0v) is 18.3. The van der Waals surface area contributed by atoms with Crippen molar-refractivity contribution in [1.82, 2.24) is 19.4 Å². The number of benzene rings is 1. The Bertz CT molecular complexity index is 977. The lowest BCUT2D eigenvalue weighted by atomic mass is 10.2. The summed E-state index contributed by atoms with van der Waals surface area (Å²) in [6.07, 6.45) is 4.90. The Kier molecular flexibility index (Phi) is 6.57. The molecule has 0 spiro atoms. The molecule has 9 nitrogen and oxygen atoms in total. The second kappa shape index (κ2) is 8.78. The number of likely N-dealkylation sites (tertiary alicyclic amines) is 1. The number of likely N-dealkylation sites (N-methyl/N-ethyl adjacent to an activating group) is 1. The number of nitrogens with zero attached hydrogens (tertiary/aromatic N) is 4. The highest BCUT2D eigenvalue weighted by atomic mass is 35.5. The monoisotopic (exact) mass is 460 g/mol. The van der Waals surface area contributed by atoms with Crippen LogP contribution in [0.3, 0.4) is 0 Å². The molecular formula is C17H22Cl2N6O3S. The highest BCUT2D eigenvalue weighted by molar-refractivity contribution is 7.91. The van der Waals surface area contributed by atoms with Crippen molar-refractivity contribution in [1.29, 1.82) is 0 Å². The van der Waals surface area contributed by atoms with Gasteiger partial charge in [0.25, 0.3) is 0 Å². The number of amides is 2. The molecule has 3 rings (SSSR count). The molecule has 2 aromatic rings. The van der Waals surface area contributed by atoms with Gasteiger partial charge in [0.2, 0.25) is 0 Å². The lowest BCUT2D eigenvalue weighted by Crippen LogP contribution is -2.49. The van der Waals surface area contributed by atoms with Crippen molar-refractivity contribution in [3.8, 4) is 0 Å². The molecule has 1 atom stereocenters. The first-order valence-corrected chi connectivity index (χ1v) is 11.1. The molecule has 0 bridgehead atoms. The number of anilines is 2. The maximum Gasteiger partial charge on any atom is 0.334 e. The SMILES string of the molecule is CN1CCC[C@@H]1CN(c1cnn(C)c1)S(=O)(=O)NC(=O)Nc1cc(Cl)cc(Cl)c1. The minimum Gasteiger partial charge on any atom is -0.307 e. The average molecular weight is 461 g/mol. The number of halogens is 2. The van der Waals surface area contributed by atoms with E-state index in [-0.39, 0.29) is 18.3 Å². The Morgan fingerprint density at radius 2 is 1.97 bits per heavy atom. The van der Waals surface area contributed by atoms with Crippen molar-refractivity contribution in [3.05, 3.63) is 40.6 Å². The molecule has 1 fully saturated rings. The fourth-order valence-electron chi connectivity index (χ4n) is 3.24. The number of urea groups is 1. The fraction of sp³-hybridized carbons (Fsp3) is 0.412. The number of nitrogens with one attached hydrogen (secondary N) is 2. The maximum absolute atomic E-state index is 13.0. The van der Waals surface area contributed by atoms with E-state index in [1.807, 2.05) is 11.8 Å². The first kappa shape index (κ1) is 21.7. The molecule has 1 aliphatic heterocycles. The van der Waals surface area contributed by atoms with Crippen molar-refractivity contribution in [2.24, 2.45) is 7.05 Å². The number of aryl methyl sites for hydroxylation is 1. The molecule has 1 aliphatic rings. The largest absolute Gasteiger partial charge is 0.334 e. The van der Waals surface area contributed by atoms with Gasteiger partial charge in [0.05, 0.1) is 18.4 Å². The van der Waals surface area contributed by atoms with Gasteiger partial charge in [-0.3, -0.25) is 4.68 Å². The van der Waals surface area contributed by atoms with Gasteiger partial charge in [0.15, 0.2) is 0 Å². The third-order valence-corrected chi connectivity index (χ3v) is 6.48. The van der Waals surface area contributed by atoms with Crippen molar-refractivity contribution >= 4 is 50.8 Å². The van der Waals surface area contributed by atoms with Crippen LogP contribution in [-0.2, 0) is 17.3 Å². The summed E-state index contributed by atoms with van der Waals surface area (Å²) in [4.78, 5) is 14.5. The Morgan fingerprint density at radius 1 is 1.28 bits per heavy atom. The predicted octanol–water partition coefficient (Wildman–Crippen LogP) is 2.69. The van der Waals surface area contributed by atoms with Crippen LogP contribution in [0.4, 0.5) is 16.2 Å². The number of hydrogen-bond donors (Lipinski definition) is 2. The minimum absolute atomic E-state index is 0.0431. The standard InChI is InChI=1S/C17H22Cl2N6O3S/c1-23-5-3-4-15(23)11-25(16-9-20-24(2)10-16)29(27,28)22-17(26)21-14-7-12(18)6-13(19)8-14/h6-10,15H,3-5,11H2,1-2H3,(H2,21,22,26)/t15-/m1/s1. The molecule has 29 heavy (non-hydrogen) atoms. The number of carbonyl (C=O) groups excluding carboxylic acids is 1. The summed E-state index contributed by atoms with van der Waals surface area (Å²) in [6, 6.07) is 3.56. The van der Waals surface area contributed by atoms with Gasteiger partial charge in [-0.05, 0) is 44.6 Å². The van der Waals surface area contributed by atoms with E-state index in [1.54, 1.807) is 13.2 Å². The van der Waals surface area contributed by atoms with E-state index >= 15 is 0 Å². The summed E-state index contributed by atoms with van der Waals surface area (Å²) in [6.45, 7) is 1.10. The maximum atomic E-state index is 13.0. The number of hydrogen-bond acceptors (Lipinski definition) is 5. The van der Waals surface area contributed by atoms with Gasteiger partial charge >= 0.3 is 16.2 Å². The van der Waals surface area contributed by atoms with Crippen LogP contribution in [0.15, 0.2) is 30.6 Å². The van der Waals surface area contributed by atoms with Crippen molar-refractivity contribution in [2.45, 2.75) is 18.9 Å². The van der Waals surface area contributed by atoms with E-state index in [9.17, 15) is 13.2 Å². The quantitative estimate of drug-likeness (QED) is 0.689. The topological polar surface area (TPSA) is 99.6 Å². The summed E-state index contributed by atoms with van der Waals surface area (Å²) in [5.74, 6) is 0. The van der Waals surface area contributed by atoms with Crippen LogP contribution in [0.2, 0.25) is 10.0 Å². The normalized spacial score (nSPS) is 17.3. The lowest BCUT2D eigenvalue weighted by molar-refractivity contribution is 0.256. The molecule has 0 saturated carbocycles. The zero-order chi connectivity index (χ0) is 21.2. The minimum atomic E-state index is -4.19. The van der Waals surface area contributed by atoms with E-state index in [2.05, 4.69) is 15.3 Å². The molecule has 1 aromatic heterocycles. The van der Waals surface area contributed by atoms with Gasteiger partial charge in [-0.25, -0.2) is 13.8 Å². The molecule has 12 heteroatoms. The van der Waals surface area contributed by atoms with Crippen LogP contribution >= 0.6 is 23.2 Å². The van der Waals surface area contributed by atoms with Gasteiger partial charge in [-0.2, -0.15) is 13.5 Å². The first-order chi connectivity index (χ1) is 13.6. The van der Waals surface area contributed by atoms with Crippen molar-refractivity contribution < 1.29 is 13.2 Å². The number of carbonyl (C=O) groups is 1. The van der Waals surface area contributed by atoms with Crippen LogP contribution in [0.5, 0.6) is 0 Å². The molecule has 0 radical (unpaired) electrons. The summed E-state index contributed by atoms with van der Waals surface area (Å²) in [5.41, 5.74) is 0.651.